The smallest absolute Gasteiger partial charge is 0.337 e. The highest BCUT2D eigenvalue weighted by atomic mass is 16.4. The monoisotopic (exact) mass is 474 g/mol. The van der Waals surface area contributed by atoms with E-state index in [1.165, 1.54) is 0 Å². The number of hydrogen-bond donors (Lipinski definition) is 1. The molecular weight excluding hydrogens is 448 g/mol. The third kappa shape index (κ3) is 4.20. The molecule has 2 atom stereocenters. The van der Waals surface area contributed by atoms with Crippen molar-refractivity contribution in [3.05, 3.63) is 65.7 Å². The summed E-state index contributed by atoms with van der Waals surface area (Å²) in [6.45, 7) is 3.56. The van der Waals surface area contributed by atoms with Gasteiger partial charge in [-0.15, -0.1) is 15.3 Å². The summed E-state index contributed by atoms with van der Waals surface area (Å²) in [5.41, 5.74) is 2.11. The summed E-state index contributed by atoms with van der Waals surface area (Å²) < 4.78 is 3.68. The second kappa shape index (κ2) is 8.82. The predicted molar refractivity (Wildman–Crippen MR) is 128 cm³/mol. The number of carbonyl (C=O) groups excluding carboxylic acids is 1. The maximum Gasteiger partial charge on any atom is 0.337 e. The summed E-state index contributed by atoms with van der Waals surface area (Å²) in [6, 6.07) is 10.9. The molecule has 1 aliphatic heterocycles. The number of carboxylic acids is 1. The highest BCUT2D eigenvalue weighted by Gasteiger charge is 2.35. The zero-order valence-corrected chi connectivity index (χ0v) is 19.7. The first-order valence-electron chi connectivity index (χ1n) is 11.3. The molecule has 0 saturated carbocycles. The largest absolute Gasteiger partial charge is 0.478 e. The molecule has 0 spiro atoms. The van der Waals surface area contributed by atoms with Crippen LogP contribution in [-0.2, 0) is 6.54 Å². The van der Waals surface area contributed by atoms with Crippen LogP contribution >= 0.6 is 0 Å². The second-order valence-electron chi connectivity index (χ2n) is 9.11. The van der Waals surface area contributed by atoms with E-state index in [-0.39, 0.29) is 23.4 Å². The van der Waals surface area contributed by atoms with E-state index in [1.807, 2.05) is 48.0 Å². The van der Waals surface area contributed by atoms with Gasteiger partial charge in [-0.2, -0.15) is 0 Å². The molecule has 11 nitrogen and oxygen atoms in total. The van der Waals surface area contributed by atoms with Gasteiger partial charge in [0.2, 0.25) is 0 Å². The van der Waals surface area contributed by atoms with Crippen molar-refractivity contribution < 1.29 is 14.7 Å². The maximum atomic E-state index is 13.0. The highest BCUT2D eigenvalue weighted by Crippen LogP contribution is 2.28. The first-order valence-corrected chi connectivity index (χ1v) is 11.3. The van der Waals surface area contributed by atoms with Crippen molar-refractivity contribution in [2.24, 2.45) is 5.92 Å². The normalized spacial score (nSPS) is 17.7. The van der Waals surface area contributed by atoms with Gasteiger partial charge >= 0.3 is 5.97 Å². The fourth-order valence-electron chi connectivity index (χ4n) is 4.57. The van der Waals surface area contributed by atoms with Crippen LogP contribution in [0.4, 0.5) is 5.82 Å². The molecule has 0 radical (unpaired) electrons. The Morgan fingerprint density at radius 2 is 1.86 bits per heavy atom. The average molecular weight is 475 g/mol. The Bertz CT molecular complexity index is 1390. The Labute approximate surface area is 201 Å². The van der Waals surface area contributed by atoms with Crippen molar-refractivity contribution >= 4 is 28.6 Å². The topological polar surface area (TPSA) is 122 Å². The predicted octanol–water partition coefficient (Wildman–Crippen LogP) is 2.17. The number of carboxylic acid groups (broad SMARTS) is 1. The van der Waals surface area contributed by atoms with E-state index in [2.05, 4.69) is 27.4 Å². The lowest BCUT2D eigenvalue weighted by Crippen LogP contribution is -2.30. The Morgan fingerprint density at radius 1 is 1.06 bits per heavy atom. The molecule has 1 aliphatic rings. The third-order valence-electron chi connectivity index (χ3n) is 6.44. The first-order chi connectivity index (χ1) is 16.8. The molecule has 4 aromatic rings. The molecule has 5 rings (SSSR count). The van der Waals surface area contributed by atoms with E-state index in [1.54, 1.807) is 34.0 Å². The molecule has 11 heteroatoms. The molecule has 0 bridgehead atoms. The van der Waals surface area contributed by atoms with Crippen molar-refractivity contribution in [1.29, 1.82) is 0 Å². The number of carbonyl (C=O) groups is 2. The standard InChI is InChI=1S/C24H26N8O3/c1-15-10-31(23(33)19-8-9-22(27-26-19)29(2)3)14-21(15)32-12-16(25-28-32)11-30-13-18(24(34)35)17-6-4-5-7-20(17)30/h4-9,12-13,15,21H,10-11,14H2,1-3H3,(H,34,35)/t15-,21-/m1/s1. The Balaban J connectivity index is 1.31. The van der Waals surface area contributed by atoms with Gasteiger partial charge in [0.15, 0.2) is 11.5 Å². The Hall–Kier alpha value is -4.28. The van der Waals surface area contributed by atoms with Crippen LogP contribution in [0.1, 0.15) is 39.5 Å². The molecule has 1 fully saturated rings. The van der Waals surface area contributed by atoms with Gasteiger partial charge in [-0.05, 0) is 24.1 Å². The third-order valence-corrected chi connectivity index (χ3v) is 6.44. The number of aromatic carboxylic acids is 1. The van der Waals surface area contributed by atoms with E-state index in [9.17, 15) is 14.7 Å². The number of aromatic nitrogens is 6. The highest BCUT2D eigenvalue weighted by molar-refractivity contribution is 6.03. The van der Waals surface area contributed by atoms with E-state index in [0.29, 0.717) is 42.2 Å². The molecule has 1 saturated heterocycles. The van der Waals surface area contributed by atoms with Crippen LogP contribution in [0.5, 0.6) is 0 Å². The minimum Gasteiger partial charge on any atom is -0.478 e. The molecule has 3 aromatic heterocycles. The lowest BCUT2D eigenvalue weighted by molar-refractivity contribution is 0.0697. The molecule has 1 aromatic carbocycles. The lowest BCUT2D eigenvalue weighted by Gasteiger charge is -2.16. The van der Waals surface area contributed by atoms with Crippen LogP contribution in [0, 0.1) is 5.92 Å². The summed E-state index contributed by atoms with van der Waals surface area (Å²) in [7, 11) is 3.74. The van der Waals surface area contributed by atoms with Gasteiger partial charge in [0.25, 0.3) is 5.91 Å². The fraction of sp³-hybridized carbons (Fsp3) is 0.333. The van der Waals surface area contributed by atoms with Crippen LogP contribution < -0.4 is 4.90 Å². The number of rotatable bonds is 6. The summed E-state index contributed by atoms with van der Waals surface area (Å²) in [5.74, 6) is -0.254. The van der Waals surface area contributed by atoms with Gasteiger partial charge in [0.1, 0.15) is 5.69 Å². The molecule has 180 valence electrons. The maximum absolute atomic E-state index is 13.0. The van der Waals surface area contributed by atoms with Crippen molar-refractivity contribution in [2.75, 3.05) is 32.1 Å². The number of nitrogens with zero attached hydrogens (tertiary/aromatic N) is 8. The summed E-state index contributed by atoms with van der Waals surface area (Å²) >= 11 is 0. The van der Waals surface area contributed by atoms with Gasteiger partial charge in [-0.25, -0.2) is 9.48 Å². The number of para-hydroxylation sites is 1. The molecule has 0 aliphatic carbocycles. The molecule has 1 N–H and O–H groups in total. The number of amides is 1. The molecular formula is C24H26N8O3. The van der Waals surface area contributed by atoms with E-state index < -0.39 is 5.97 Å². The average Bonchev–Trinajstić information content (AvgIpc) is 3.56. The van der Waals surface area contributed by atoms with Crippen LogP contribution in [-0.4, -0.2) is 78.8 Å². The SMILES string of the molecule is C[C@@H]1CN(C(=O)c2ccc(N(C)C)nn2)C[C@H]1n1cc(Cn2cc(C(=O)O)c3ccccc32)nn1. The van der Waals surface area contributed by atoms with E-state index in [4.69, 9.17) is 0 Å². The fourth-order valence-corrected chi connectivity index (χ4v) is 4.57. The summed E-state index contributed by atoms with van der Waals surface area (Å²) in [4.78, 5) is 28.2. The Morgan fingerprint density at radius 3 is 2.57 bits per heavy atom. The second-order valence-corrected chi connectivity index (χ2v) is 9.11. The van der Waals surface area contributed by atoms with Crippen molar-refractivity contribution in [3.63, 3.8) is 0 Å². The van der Waals surface area contributed by atoms with E-state index >= 15 is 0 Å². The zero-order valence-electron chi connectivity index (χ0n) is 19.7. The van der Waals surface area contributed by atoms with Gasteiger partial charge in [-0.1, -0.05) is 30.3 Å². The minimum atomic E-state index is -0.964. The molecule has 35 heavy (non-hydrogen) atoms. The van der Waals surface area contributed by atoms with E-state index in [0.717, 1.165) is 5.52 Å². The lowest BCUT2D eigenvalue weighted by atomic mass is 10.1. The quantitative estimate of drug-likeness (QED) is 0.451. The number of likely N-dealkylation sites (tertiary alicyclic amines) is 1. The van der Waals surface area contributed by atoms with Gasteiger partial charge < -0.3 is 19.5 Å². The molecule has 0 unspecified atom stereocenters. The van der Waals surface area contributed by atoms with Crippen LogP contribution in [0.3, 0.4) is 0 Å². The van der Waals surface area contributed by atoms with Gasteiger partial charge in [-0.3, -0.25) is 4.79 Å². The summed E-state index contributed by atoms with van der Waals surface area (Å²) in [6.07, 6.45) is 3.50. The Kier molecular flexibility index (Phi) is 5.67. The molecule has 4 heterocycles. The zero-order chi connectivity index (χ0) is 24.7. The van der Waals surface area contributed by atoms with Gasteiger partial charge in [0.05, 0.1) is 24.3 Å². The van der Waals surface area contributed by atoms with Crippen LogP contribution in [0.2, 0.25) is 0 Å². The first kappa shape index (κ1) is 22.5. The summed E-state index contributed by atoms with van der Waals surface area (Å²) in [5, 5.41) is 27.1. The van der Waals surface area contributed by atoms with Crippen molar-refractivity contribution in [3.8, 4) is 0 Å². The molecule has 1 amide bonds. The van der Waals surface area contributed by atoms with Gasteiger partial charge in [0, 0.05) is 44.3 Å². The number of benzene rings is 1. The van der Waals surface area contributed by atoms with Crippen LogP contribution in [0.15, 0.2) is 48.8 Å². The number of hydrogen-bond acceptors (Lipinski definition) is 7. The number of fused-ring (bicyclic) bond motifs is 1. The van der Waals surface area contributed by atoms with Crippen molar-refractivity contribution in [2.45, 2.75) is 19.5 Å². The van der Waals surface area contributed by atoms with Crippen LogP contribution in [0.25, 0.3) is 10.9 Å². The number of anilines is 1. The minimum absolute atomic E-state index is 0.0230. The van der Waals surface area contributed by atoms with Crippen molar-refractivity contribution in [1.82, 2.24) is 34.7 Å².